The maximum Gasteiger partial charge on any atom is 0.329 e. The van der Waals surface area contributed by atoms with E-state index >= 15 is 0 Å². The van der Waals surface area contributed by atoms with Crippen LogP contribution in [0.4, 0.5) is 4.79 Å². The Hall–Kier alpha value is -2.12. The average molecular weight is 256 g/mol. The van der Waals surface area contributed by atoms with Crippen molar-refractivity contribution in [1.29, 1.82) is 0 Å². The number of aliphatic carboxylic acids is 1. The van der Waals surface area contributed by atoms with Gasteiger partial charge in [-0.15, -0.1) is 0 Å². The lowest BCUT2D eigenvalue weighted by atomic mass is 10.00. The van der Waals surface area contributed by atoms with Crippen LogP contribution in [0.5, 0.6) is 0 Å². The summed E-state index contributed by atoms with van der Waals surface area (Å²) in [4.78, 5) is 26.4. The van der Waals surface area contributed by atoms with Crippen molar-refractivity contribution in [1.82, 2.24) is 20.8 Å². The monoisotopic (exact) mass is 256 g/mol. The number of carboxylic acids is 1. The second kappa shape index (κ2) is 5.48. The highest BCUT2D eigenvalue weighted by atomic mass is 16.5. The second-order valence-corrected chi connectivity index (χ2v) is 4.03. The largest absolute Gasteiger partial charge is 0.480 e. The zero-order chi connectivity index (χ0) is 13.8. The zero-order valence-electron chi connectivity index (χ0n) is 10.5. The number of nitrogens with zero attached hydrogens (tertiary/aromatic N) is 2. The number of urea groups is 1. The number of nitrogens with one attached hydrogen (secondary N) is 2. The van der Waals surface area contributed by atoms with E-state index in [1.807, 2.05) is 0 Å². The minimum Gasteiger partial charge on any atom is -0.480 e. The van der Waals surface area contributed by atoms with Gasteiger partial charge in [0.25, 0.3) is 0 Å². The van der Waals surface area contributed by atoms with Crippen molar-refractivity contribution in [3.8, 4) is 0 Å². The van der Waals surface area contributed by atoms with Gasteiger partial charge in [-0.2, -0.15) is 4.98 Å². The quantitative estimate of drug-likeness (QED) is 0.703. The highest BCUT2D eigenvalue weighted by Crippen LogP contribution is 2.08. The molecule has 0 bridgehead atoms. The summed E-state index contributed by atoms with van der Waals surface area (Å²) in [5, 5.41) is 17.4. The highest BCUT2D eigenvalue weighted by molar-refractivity contribution is 5.85. The van der Waals surface area contributed by atoms with Gasteiger partial charge in [-0.1, -0.05) is 12.1 Å². The van der Waals surface area contributed by atoms with Crippen LogP contribution in [0.2, 0.25) is 0 Å². The number of carbonyl (C=O) groups is 2. The molecule has 0 aliphatic carbocycles. The Labute approximate surface area is 104 Å². The van der Waals surface area contributed by atoms with E-state index in [9.17, 15) is 9.59 Å². The number of aromatic nitrogens is 2. The third kappa shape index (κ3) is 3.44. The molecule has 0 aliphatic rings. The van der Waals surface area contributed by atoms with Gasteiger partial charge in [0.1, 0.15) is 5.54 Å². The molecular formula is C10H16N4O4. The molecular weight excluding hydrogens is 240 g/mol. The Morgan fingerprint density at radius 2 is 2.17 bits per heavy atom. The van der Waals surface area contributed by atoms with Crippen molar-refractivity contribution < 1.29 is 19.2 Å². The molecule has 100 valence electrons. The number of hydrogen-bond donors (Lipinski definition) is 3. The maximum absolute atomic E-state index is 11.5. The minimum atomic E-state index is -1.29. The molecule has 1 aromatic rings. The standard InChI is InChI=1S/C10H16N4O4/c1-4-10(3,8(15)16)13-9(17)11-5-7-12-6(2)18-14-7/h4-5H2,1-3H3,(H,15,16)(H2,11,13,17). The zero-order valence-corrected chi connectivity index (χ0v) is 10.5. The van der Waals surface area contributed by atoms with Crippen LogP contribution < -0.4 is 10.6 Å². The summed E-state index contributed by atoms with van der Waals surface area (Å²) >= 11 is 0. The predicted octanol–water partition coefficient (Wildman–Crippen LogP) is 0.431. The van der Waals surface area contributed by atoms with Gasteiger partial charge in [-0.25, -0.2) is 9.59 Å². The Kier molecular flexibility index (Phi) is 4.24. The summed E-state index contributed by atoms with van der Waals surface area (Å²) in [7, 11) is 0. The van der Waals surface area contributed by atoms with Crippen molar-refractivity contribution in [2.45, 2.75) is 39.3 Å². The molecule has 1 aromatic heterocycles. The molecule has 0 spiro atoms. The predicted molar refractivity (Wildman–Crippen MR) is 60.7 cm³/mol. The second-order valence-electron chi connectivity index (χ2n) is 4.03. The summed E-state index contributed by atoms with van der Waals surface area (Å²) in [5.41, 5.74) is -1.29. The van der Waals surface area contributed by atoms with Gasteiger partial charge in [0.15, 0.2) is 5.82 Å². The molecule has 0 aromatic carbocycles. The first-order chi connectivity index (χ1) is 8.37. The third-order valence-electron chi connectivity index (χ3n) is 2.55. The number of aryl methyl sites for hydroxylation is 1. The molecule has 1 rings (SSSR count). The van der Waals surface area contributed by atoms with Crippen LogP contribution in [0.25, 0.3) is 0 Å². The molecule has 0 fully saturated rings. The fourth-order valence-corrected chi connectivity index (χ4v) is 1.16. The van der Waals surface area contributed by atoms with Crippen molar-refractivity contribution in [2.24, 2.45) is 0 Å². The van der Waals surface area contributed by atoms with Gasteiger partial charge in [-0.3, -0.25) is 0 Å². The number of carboxylic acid groups (broad SMARTS) is 1. The SMILES string of the molecule is CCC(C)(NC(=O)NCc1noc(C)n1)C(=O)O. The van der Waals surface area contributed by atoms with E-state index in [1.54, 1.807) is 13.8 Å². The fourth-order valence-electron chi connectivity index (χ4n) is 1.16. The molecule has 0 radical (unpaired) electrons. The first kappa shape index (κ1) is 13.9. The van der Waals surface area contributed by atoms with Crippen LogP contribution in [0.3, 0.4) is 0 Å². The van der Waals surface area contributed by atoms with E-state index < -0.39 is 17.5 Å². The van der Waals surface area contributed by atoms with E-state index in [-0.39, 0.29) is 13.0 Å². The molecule has 0 aliphatic heterocycles. The fraction of sp³-hybridized carbons (Fsp3) is 0.600. The van der Waals surface area contributed by atoms with Gasteiger partial charge in [0.05, 0.1) is 6.54 Å². The lowest BCUT2D eigenvalue weighted by Gasteiger charge is -2.24. The van der Waals surface area contributed by atoms with Crippen LogP contribution >= 0.6 is 0 Å². The topological polar surface area (TPSA) is 117 Å². The van der Waals surface area contributed by atoms with Gasteiger partial charge < -0.3 is 20.3 Å². The molecule has 1 heterocycles. The average Bonchev–Trinajstić information content (AvgIpc) is 2.72. The van der Waals surface area contributed by atoms with Crippen LogP contribution in [0.15, 0.2) is 4.52 Å². The number of amides is 2. The summed E-state index contributed by atoms with van der Waals surface area (Å²) < 4.78 is 4.73. The van der Waals surface area contributed by atoms with Gasteiger partial charge in [0.2, 0.25) is 5.89 Å². The van der Waals surface area contributed by atoms with Gasteiger partial charge in [-0.05, 0) is 13.3 Å². The first-order valence-electron chi connectivity index (χ1n) is 5.46. The molecule has 0 saturated carbocycles. The van der Waals surface area contributed by atoms with Crippen molar-refractivity contribution >= 4 is 12.0 Å². The van der Waals surface area contributed by atoms with Gasteiger partial charge in [0, 0.05) is 6.92 Å². The maximum atomic E-state index is 11.5. The normalized spacial score (nSPS) is 13.7. The molecule has 2 amide bonds. The number of rotatable bonds is 5. The van der Waals surface area contributed by atoms with Crippen molar-refractivity contribution in [2.75, 3.05) is 0 Å². The Morgan fingerprint density at radius 1 is 1.50 bits per heavy atom. The smallest absolute Gasteiger partial charge is 0.329 e. The minimum absolute atomic E-state index is 0.0720. The van der Waals surface area contributed by atoms with Gasteiger partial charge >= 0.3 is 12.0 Å². The van der Waals surface area contributed by atoms with E-state index in [4.69, 9.17) is 9.63 Å². The molecule has 1 atom stereocenters. The van der Waals surface area contributed by atoms with E-state index in [2.05, 4.69) is 20.8 Å². The van der Waals surface area contributed by atoms with E-state index in [1.165, 1.54) is 6.92 Å². The summed E-state index contributed by atoms with van der Waals surface area (Å²) in [6, 6.07) is -0.593. The Bertz CT molecular complexity index is 445. The van der Waals surface area contributed by atoms with Crippen LogP contribution in [-0.4, -0.2) is 32.8 Å². The summed E-state index contributed by atoms with van der Waals surface area (Å²) in [6.07, 6.45) is 0.275. The van der Waals surface area contributed by atoms with Crippen LogP contribution in [0, 0.1) is 6.92 Å². The Balaban J connectivity index is 2.49. The molecule has 3 N–H and O–H groups in total. The lowest BCUT2D eigenvalue weighted by molar-refractivity contribution is -0.143. The molecule has 8 heteroatoms. The van der Waals surface area contributed by atoms with E-state index in [0.29, 0.717) is 11.7 Å². The van der Waals surface area contributed by atoms with Crippen LogP contribution in [0.1, 0.15) is 32.0 Å². The van der Waals surface area contributed by atoms with Crippen LogP contribution in [-0.2, 0) is 11.3 Å². The van der Waals surface area contributed by atoms with Crippen molar-refractivity contribution in [3.05, 3.63) is 11.7 Å². The third-order valence-corrected chi connectivity index (χ3v) is 2.55. The molecule has 1 unspecified atom stereocenters. The lowest BCUT2D eigenvalue weighted by Crippen LogP contribution is -2.54. The number of hydrogen-bond acceptors (Lipinski definition) is 5. The Morgan fingerprint density at radius 3 is 2.61 bits per heavy atom. The summed E-state index contributed by atoms with van der Waals surface area (Å²) in [6.45, 7) is 4.82. The van der Waals surface area contributed by atoms with Crippen molar-refractivity contribution in [3.63, 3.8) is 0 Å². The molecule has 8 nitrogen and oxygen atoms in total. The highest BCUT2D eigenvalue weighted by Gasteiger charge is 2.32. The first-order valence-corrected chi connectivity index (χ1v) is 5.46. The number of carbonyl (C=O) groups excluding carboxylic acids is 1. The molecule has 0 saturated heterocycles. The molecule has 18 heavy (non-hydrogen) atoms. The van der Waals surface area contributed by atoms with E-state index in [0.717, 1.165) is 0 Å². The summed E-state index contributed by atoms with van der Waals surface area (Å²) in [5.74, 6) is -0.358.